The maximum Gasteiger partial charge on any atom is 0.326 e. The van der Waals surface area contributed by atoms with Gasteiger partial charge in [0.05, 0.1) is 13.7 Å². The first kappa shape index (κ1) is 13.9. The third-order valence-corrected chi connectivity index (χ3v) is 4.10. The molecule has 1 aliphatic carbocycles. The van der Waals surface area contributed by atoms with Crippen molar-refractivity contribution in [2.45, 2.75) is 44.6 Å². The van der Waals surface area contributed by atoms with Gasteiger partial charge in [-0.1, -0.05) is 32.1 Å². The summed E-state index contributed by atoms with van der Waals surface area (Å²) in [6.45, 7) is 0.277. The van der Waals surface area contributed by atoms with Crippen LogP contribution >= 0.6 is 0 Å². The maximum atomic E-state index is 11.8. The Morgan fingerprint density at radius 1 is 1.47 bits per heavy atom. The minimum Gasteiger partial charge on any atom is -0.499 e. The van der Waals surface area contributed by atoms with E-state index in [4.69, 9.17) is 4.74 Å². The van der Waals surface area contributed by atoms with Gasteiger partial charge in [0.1, 0.15) is 11.8 Å². The molecule has 0 unspecified atom stereocenters. The van der Waals surface area contributed by atoms with Crippen molar-refractivity contribution in [1.82, 2.24) is 4.90 Å². The summed E-state index contributed by atoms with van der Waals surface area (Å²) in [5.74, 6) is -0.195. The number of methoxy groups -OCH3 is 1. The Morgan fingerprint density at radius 3 is 2.68 bits per heavy atom. The van der Waals surface area contributed by atoms with Crippen LogP contribution in [0.15, 0.2) is 11.8 Å². The molecule has 5 nitrogen and oxygen atoms in total. The molecule has 106 valence electrons. The van der Waals surface area contributed by atoms with Crippen molar-refractivity contribution in [2.24, 2.45) is 5.92 Å². The van der Waals surface area contributed by atoms with Crippen molar-refractivity contribution in [2.75, 3.05) is 13.7 Å². The molecule has 1 fully saturated rings. The van der Waals surface area contributed by atoms with Gasteiger partial charge in [0.15, 0.2) is 0 Å². The molecule has 2 rings (SSSR count). The van der Waals surface area contributed by atoms with Gasteiger partial charge in [-0.3, -0.25) is 4.79 Å². The second-order valence-corrected chi connectivity index (χ2v) is 5.37. The third kappa shape index (κ3) is 3.28. The van der Waals surface area contributed by atoms with E-state index in [9.17, 15) is 14.7 Å². The number of aliphatic carboxylic acids is 1. The van der Waals surface area contributed by atoms with Crippen LogP contribution in [0.25, 0.3) is 0 Å². The molecular formula is C14H21NO4. The molecule has 0 saturated heterocycles. The van der Waals surface area contributed by atoms with Crippen molar-refractivity contribution in [3.63, 3.8) is 0 Å². The highest BCUT2D eigenvalue weighted by molar-refractivity contribution is 5.94. The van der Waals surface area contributed by atoms with Crippen molar-refractivity contribution < 1.29 is 19.4 Å². The predicted octanol–water partition coefficient (Wildman–Crippen LogP) is 1.78. The molecule has 0 aromatic carbocycles. The fraction of sp³-hybridized carbons (Fsp3) is 0.714. The Labute approximate surface area is 113 Å². The zero-order valence-electron chi connectivity index (χ0n) is 11.3. The summed E-state index contributed by atoms with van der Waals surface area (Å²) in [6, 6.07) is -0.723. The van der Waals surface area contributed by atoms with Gasteiger partial charge in [-0.2, -0.15) is 0 Å². The molecule has 0 radical (unpaired) electrons. The smallest absolute Gasteiger partial charge is 0.326 e. The summed E-state index contributed by atoms with van der Waals surface area (Å²) < 4.78 is 5.04. The summed E-state index contributed by atoms with van der Waals surface area (Å²) >= 11 is 0. The average Bonchev–Trinajstić information content (AvgIpc) is 2.78. The second-order valence-electron chi connectivity index (χ2n) is 5.37. The topological polar surface area (TPSA) is 66.8 Å². The number of carbonyl (C=O) groups excluding carboxylic acids is 1. The van der Waals surface area contributed by atoms with Crippen molar-refractivity contribution >= 4 is 11.9 Å². The van der Waals surface area contributed by atoms with Crippen LogP contribution in [-0.4, -0.2) is 41.6 Å². The summed E-state index contributed by atoms with van der Waals surface area (Å²) in [4.78, 5) is 24.7. The minimum absolute atomic E-state index is 0.250. The quantitative estimate of drug-likeness (QED) is 0.824. The minimum atomic E-state index is -0.912. The molecule has 0 aromatic rings. The van der Waals surface area contributed by atoms with Crippen LogP contribution in [0.1, 0.15) is 38.5 Å². The molecule has 1 heterocycles. The lowest BCUT2D eigenvalue weighted by Crippen LogP contribution is -2.44. The van der Waals surface area contributed by atoms with E-state index in [1.54, 1.807) is 0 Å². The first-order chi connectivity index (χ1) is 9.11. The first-order valence-electron chi connectivity index (χ1n) is 6.89. The van der Waals surface area contributed by atoms with Crippen molar-refractivity contribution in [1.29, 1.82) is 0 Å². The normalized spacial score (nSPS) is 22.3. The number of carboxylic acid groups (broad SMARTS) is 1. The maximum absolute atomic E-state index is 11.8. The molecule has 0 spiro atoms. The van der Waals surface area contributed by atoms with E-state index < -0.39 is 12.0 Å². The number of carbonyl (C=O) groups is 2. The van der Waals surface area contributed by atoms with Crippen LogP contribution in [0.3, 0.4) is 0 Å². The molecule has 2 aliphatic rings. The highest BCUT2D eigenvalue weighted by atomic mass is 16.5. The Morgan fingerprint density at radius 2 is 2.16 bits per heavy atom. The highest BCUT2D eigenvalue weighted by Crippen LogP contribution is 2.29. The molecule has 1 amide bonds. The monoisotopic (exact) mass is 267 g/mol. The fourth-order valence-electron chi connectivity index (χ4n) is 3.00. The largest absolute Gasteiger partial charge is 0.499 e. The lowest BCUT2D eigenvalue weighted by atomic mass is 9.84. The van der Waals surface area contributed by atoms with Crippen LogP contribution in [0.2, 0.25) is 0 Å². The molecule has 19 heavy (non-hydrogen) atoms. The van der Waals surface area contributed by atoms with E-state index in [0.29, 0.717) is 18.1 Å². The van der Waals surface area contributed by atoms with Crippen LogP contribution < -0.4 is 0 Å². The average molecular weight is 267 g/mol. The van der Waals surface area contributed by atoms with E-state index >= 15 is 0 Å². The van der Waals surface area contributed by atoms with Crippen LogP contribution in [-0.2, 0) is 14.3 Å². The lowest BCUT2D eigenvalue weighted by molar-refractivity contribution is -0.148. The van der Waals surface area contributed by atoms with E-state index in [1.807, 2.05) is 0 Å². The van der Waals surface area contributed by atoms with Crippen LogP contribution in [0.5, 0.6) is 0 Å². The van der Waals surface area contributed by atoms with Gasteiger partial charge in [-0.15, -0.1) is 0 Å². The third-order valence-electron chi connectivity index (χ3n) is 4.10. The molecule has 5 heteroatoms. The summed E-state index contributed by atoms with van der Waals surface area (Å²) in [6.07, 6.45) is 7.70. The zero-order chi connectivity index (χ0) is 13.8. The standard InChI is InChI=1S/C14H21NO4/c1-19-11-8-13(16)15(9-11)12(14(17)18)7-10-5-3-2-4-6-10/h8,10,12H,2-7,9H2,1H3,(H,17,18)/t12-/m0/s1. The van der Waals surface area contributed by atoms with E-state index in [2.05, 4.69) is 0 Å². The van der Waals surface area contributed by atoms with E-state index in [-0.39, 0.29) is 12.5 Å². The first-order valence-corrected chi connectivity index (χ1v) is 6.89. The Bertz CT molecular complexity index is 385. The summed E-state index contributed by atoms with van der Waals surface area (Å²) in [5.41, 5.74) is 0. The van der Waals surface area contributed by atoms with Gasteiger partial charge in [0.2, 0.25) is 0 Å². The van der Waals surface area contributed by atoms with Gasteiger partial charge in [0.25, 0.3) is 5.91 Å². The SMILES string of the molecule is COC1=CC(=O)N([C@@H](CC2CCCCC2)C(=O)O)C1. The van der Waals surface area contributed by atoms with Crippen molar-refractivity contribution in [3.8, 4) is 0 Å². The van der Waals surface area contributed by atoms with E-state index in [0.717, 1.165) is 12.8 Å². The van der Waals surface area contributed by atoms with Crippen LogP contribution in [0, 0.1) is 5.92 Å². The zero-order valence-corrected chi connectivity index (χ0v) is 11.3. The van der Waals surface area contributed by atoms with Gasteiger partial charge in [-0.25, -0.2) is 4.79 Å². The molecule has 1 N–H and O–H groups in total. The highest BCUT2D eigenvalue weighted by Gasteiger charge is 2.35. The Kier molecular flexibility index (Phi) is 4.45. The molecule has 1 atom stereocenters. The fourth-order valence-corrected chi connectivity index (χ4v) is 3.00. The number of carboxylic acids is 1. The number of ether oxygens (including phenoxy) is 1. The van der Waals surface area contributed by atoms with Gasteiger partial charge in [0, 0.05) is 6.08 Å². The number of hydrogen-bond acceptors (Lipinski definition) is 3. The number of rotatable bonds is 5. The molecule has 1 saturated carbocycles. The van der Waals surface area contributed by atoms with Gasteiger partial charge in [-0.05, 0) is 12.3 Å². The van der Waals surface area contributed by atoms with Gasteiger partial charge < -0.3 is 14.7 Å². The Balaban J connectivity index is 2.00. The summed E-state index contributed by atoms with van der Waals surface area (Å²) in [5, 5.41) is 9.38. The van der Waals surface area contributed by atoms with Crippen LogP contribution in [0.4, 0.5) is 0 Å². The molecular weight excluding hydrogens is 246 g/mol. The second kappa shape index (κ2) is 6.08. The number of hydrogen-bond donors (Lipinski definition) is 1. The Hall–Kier alpha value is -1.52. The van der Waals surface area contributed by atoms with Gasteiger partial charge >= 0.3 is 5.97 Å². The predicted molar refractivity (Wildman–Crippen MR) is 69.4 cm³/mol. The van der Waals surface area contributed by atoms with E-state index in [1.165, 1.54) is 37.3 Å². The summed E-state index contributed by atoms with van der Waals surface area (Å²) in [7, 11) is 1.50. The molecule has 0 aromatic heterocycles. The van der Waals surface area contributed by atoms with Crippen molar-refractivity contribution in [3.05, 3.63) is 11.8 Å². The molecule has 1 aliphatic heterocycles. The molecule has 0 bridgehead atoms. The number of amides is 1. The number of nitrogens with zero attached hydrogens (tertiary/aromatic N) is 1. The lowest BCUT2D eigenvalue weighted by Gasteiger charge is -2.29.